The number of hydrogen-bond acceptors (Lipinski definition) is 5. The van der Waals surface area contributed by atoms with Crippen LogP contribution in [0.25, 0.3) is 11.4 Å². The van der Waals surface area contributed by atoms with Crippen molar-refractivity contribution in [3.05, 3.63) is 65.5 Å². The summed E-state index contributed by atoms with van der Waals surface area (Å²) in [4.78, 5) is 16.5. The maximum atomic E-state index is 12.1. The van der Waals surface area contributed by atoms with Gasteiger partial charge in [0.15, 0.2) is 0 Å². The predicted molar refractivity (Wildman–Crippen MR) is 93.5 cm³/mol. The van der Waals surface area contributed by atoms with Crippen LogP contribution in [-0.2, 0) is 6.42 Å². The lowest BCUT2D eigenvalue weighted by Gasteiger charge is -2.04. The fraction of sp³-hybridized carbons (Fsp3) is 0.211. The molecule has 1 amide bonds. The molecule has 0 atom stereocenters. The van der Waals surface area contributed by atoms with Crippen molar-refractivity contribution in [2.24, 2.45) is 0 Å². The molecule has 0 bridgehead atoms. The van der Waals surface area contributed by atoms with Crippen LogP contribution < -0.4 is 10.1 Å². The number of nitrogens with one attached hydrogen (secondary N) is 1. The van der Waals surface area contributed by atoms with Crippen molar-refractivity contribution in [3.63, 3.8) is 0 Å². The number of ether oxygens (including phenoxy) is 1. The lowest BCUT2D eigenvalue weighted by molar-refractivity contribution is 0.0953. The number of aromatic nitrogens is 2. The minimum atomic E-state index is -0.152. The zero-order valence-corrected chi connectivity index (χ0v) is 14.2. The van der Waals surface area contributed by atoms with E-state index in [1.165, 1.54) is 0 Å². The summed E-state index contributed by atoms with van der Waals surface area (Å²) >= 11 is 0. The molecule has 0 spiro atoms. The van der Waals surface area contributed by atoms with Gasteiger partial charge in [0.2, 0.25) is 11.7 Å². The second kappa shape index (κ2) is 7.61. The van der Waals surface area contributed by atoms with Crippen LogP contribution in [0.4, 0.5) is 0 Å². The summed E-state index contributed by atoms with van der Waals surface area (Å²) < 4.78 is 10.3. The Bertz CT molecular complexity index is 856. The highest BCUT2D eigenvalue weighted by Gasteiger charge is 2.11. The molecule has 1 N–H and O–H groups in total. The van der Waals surface area contributed by atoms with E-state index in [0.29, 0.717) is 36.0 Å². The van der Waals surface area contributed by atoms with E-state index < -0.39 is 0 Å². The Morgan fingerprint density at radius 3 is 2.64 bits per heavy atom. The number of benzene rings is 2. The first-order valence-electron chi connectivity index (χ1n) is 7.98. The smallest absolute Gasteiger partial charge is 0.251 e. The lowest BCUT2D eigenvalue weighted by Crippen LogP contribution is -2.25. The van der Waals surface area contributed by atoms with Crippen molar-refractivity contribution in [3.8, 4) is 17.1 Å². The Kier molecular flexibility index (Phi) is 5.09. The van der Waals surface area contributed by atoms with Gasteiger partial charge in [-0.3, -0.25) is 4.79 Å². The Hall–Kier alpha value is -3.15. The number of nitrogens with zero attached hydrogens (tertiary/aromatic N) is 2. The number of methoxy groups -OCH3 is 1. The van der Waals surface area contributed by atoms with Crippen molar-refractivity contribution in [2.75, 3.05) is 13.7 Å². The SMILES string of the molecule is COc1ccc(C(=O)NCCc2nc(-c3ccccc3C)no2)cc1. The molecule has 2 aromatic carbocycles. The van der Waals surface area contributed by atoms with Crippen LogP contribution in [0.2, 0.25) is 0 Å². The van der Waals surface area contributed by atoms with Gasteiger partial charge in [0.25, 0.3) is 5.91 Å². The number of rotatable bonds is 6. The maximum absolute atomic E-state index is 12.1. The number of amides is 1. The predicted octanol–water partition coefficient (Wildman–Crippen LogP) is 3.03. The second-order valence-electron chi connectivity index (χ2n) is 5.56. The molecule has 25 heavy (non-hydrogen) atoms. The topological polar surface area (TPSA) is 77.2 Å². The third-order valence-electron chi connectivity index (χ3n) is 3.83. The summed E-state index contributed by atoms with van der Waals surface area (Å²) in [5, 5.41) is 6.85. The van der Waals surface area contributed by atoms with Gasteiger partial charge in [0, 0.05) is 24.1 Å². The summed E-state index contributed by atoms with van der Waals surface area (Å²) in [6.07, 6.45) is 0.473. The minimum Gasteiger partial charge on any atom is -0.497 e. The molecule has 0 aliphatic heterocycles. The van der Waals surface area contributed by atoms with Crippen LogP contribution in [0, 0.1) is 6.92 Å². The first-order chi connectivity index (χ1) is 12.2. The highest BCUT2D eigenvalue weighted by Crippen LogP contribution is 2.19. The van der Waals surface area contributed by atoms with Crippen LogP contribution in [0.15, 0.2) is 53.1 Å². The second-order valence-corrected chi connectivity index (χ2v) is 5.56. The molecular weight excluding hydrogens is 318 g/mol. The molecule has 6 heteroatoms. The fourth-order valence-corrected chi connectivity index (χ4v) is 2.42. The Labute approximate surface area is 145 Å². The molecule has 1 aromatic heterocycles. The van der Waals surface area contributed by atoms with Crippen LogP contribution in [0.1, 0.15) is 21.8 Å². The lowest BCUT2D eigenvalue weighted by atomic mass is 10.1. The van der Waals surface area contributed by atoms with Gasteiger partial charge >= 0.3 is 0 Å². The number of aryl methyl sites for hydroxylation is 1. The Morgan fingerprint density at radius 1 is 1.16 bits per heavy atom. The van der Waals surface area contributed by atoms with E-state index in [1.807, 2.05) is 31.2 Å². The fourth-order valence-electron chi connectivity index (χ4n) is 2.42. The summed E-state index contributed by atoms with van der Waals surface area (Å²) in [5.74, 6) is 1.62. The largest absolute Gasteiger partial charge is 0.497 e. The Morgan fingerprint density at radius 2 is 1.92 bits per heavy atom. The van der Waals surface area contributed by atoms with E-state index in [2.05, 4.69) is 15.5 Å². The summed E-state index contributed by atoms with van der Waals surface area (Å²) in [5.41, 5.74) is 2.61. The molecule has 1 heterocycles. The molecule has 0 saturated heterocycles. The average molecular weight is 337 g/mol. The Balaban J connectivity index is 1.55. The molecule has 0 aliphatic rings. The van der Waals surface area contributed by atoms with E-state index in [4.69, 9.17) is 9.26 Å². The van der Waals surface area contributed by atoms with Crippen LogP contribution >= 0.6 is 0 Å². The zero-order valence-electron chi connectivity index (χ0n) is 14.2. The van der Waals surface area contributed by atoms with Crippen molar-refractivity contribution in [1.29, 1.82) is 0 Å². The number of carbonyl (C=O) groups excluding carboxylic acids is 1. The number of hydrogen-bond donors (Lipinski definition) is 1. The quantitative estimate of drug-likeness (QED) is 0.748. The molecule has 0 radical (unpaired) electrons. The summed E-state index contributed by atoms with van der Waals surface area (Å²) in [6, 6.07) is 14.8. The molecule has 128 valence electrons. The van der Waals surface area contributed by atoms with Gasteiger partial charge in [-0.1, -0.05) is 29.4 Å². The monoisotopic (exact) mass is 337 g/mol. The van der Waals surface area contributed by atoms with E-state index in [0.717, 1.165) is 11.1 Å². The van der Waals surface area contributed by atoms with Gasteiger partial charge < -0.3 is 14.6 Å². The standard InChI is InChI=1S/C19H19N3O3/c1-13-5-3-4-6-16(13)18-21-17(25-22-18)11-12-20-19(23)14-7-9-15(24-2)10-8-14/h3-10H,11-12H2,1-2H3,(H,20,23). The van der Waals surface area contributed by atoms with Crippen molar-refractivity contribution < 1.29 is 14.1 Å². The van der Waals surface area contributed by atoms with Gasteiger partial charge in [-0.05, 0) is 36.8 Å². The van der Waals surface area contributed by atoms with Gasteiger partial charge in [0.05, 0.1) is 7.11 Å². The first kappa shape index (κ1) is 16.7. The van der Waals surface area contributed by atoms with Gasteiger partial charge in [-0.15, -0.1) is 0 Å². The maximum Gasteiger partial charge on any atom is 0.251 e. The molecule has 0 aliphatic carbocycles. The molecule has 0 saturated carbocycles. The van der Waals surface area contributed by atoms with Crippen molar-refractivity contribution in [1.82, 2.24) is 15.5 Å². The minimum absolute atomic E-state index is 0.152. The van der Waals surface area contributed by atoms with Crippen molar-refractivity contribution in [2.45, 2.75) is 13.3 Å². The molecular formula is C19H19N3O3. The normalized spacial score (nSPS) is 10.5. The summed E-state index contributed by atoms with van der Waals surface area (Å²) in [7, 11) is 1.59. The summed E-state index contributed by atoms with van der Waals surface area (Å²) in [6.45, 7) is 2.42. The number of carbonyl (C=O) groups is 1. The van der Waals surface area contributed by atoms with Gasteiger partial charge in [-0.2, -0.15) is 4.98 Å². The molecule has 3 aromatic rings. The molecule has 0 fully saturated rings. The zero-order chi connectivity index (χ0) is 17.6. The van der Waals surface area contributed by atoms with E-state index >= 15 is 0 Å². The highest BCUT2D eigenvalue weighted by atomic mass is 16.5. The highest BCUT2D eigenvalue weighted by molar-refractivity contribution is 5.94. The first-order valence-corrected chi connectivity index (χ1v) is 7.98. The third-order valence-corrected chi connectivity index (χ3v) is 3.83. The van der Waals surface area contributed by atoms with Crippen LogP contribution in [0.3, 0.4) is 0 Å². The van der Waals surface area contributed by atoms with Gasteiger partial charge in [0.1, 0.15) is 5.75 Å². The van der Waals surface area contributed by atoms with Crippen molar-refractivity contribution >= 4 is 5.91 Å². The molecule has 3 rings (SSSR count). The third kappa shape index (κ3) is 4.03. The van der Waals surface area contributed by atoms with Crippen LogP contribution in [-0.4, -0.2) is 29.7 Å². The van der Waals surface area contributed by atoms with E-state index in [9.17, 15) is 4.79 Å². The molecule has 0 unspecified atom stereocenters. The van der Waals surface area contributed by atoms with E-state index in [-0.39, 0.29) is 5.91 Å². The van der Waals surface area contributed by atoms with E-state index in [1.54, 1.807) is 31.4 Å². The average Bonchev–Trinajstić information content (AvgIpc) is 3.10. The molecule has 6 nitrogen and oxygen atoms in total. The van der Waals surface area contributed by atoms with Gasteiger partial charge in [-0.25, -0.2) is 0 Å². The van der Waals surface area contributed by atoms with Crippen LogP contribution in [0.5, 0.6) is 5.75 Å².